The smallest absolute Gasteiger partial charge is 0.316 e. The van der Waals surface area contributed by atoms with E-state index in [1.807, 2.05) is 19.1 Å². The SMILES string of the molecule is COC(=O)[C@]1(C)C=C[C@@H](Cc2c[nH]c3cccc(Br)c23)N(C)C1. The van der Waals surface area contributed by atoms with E-state index in [9.17, 15) is 4.79 Å². The normalized spacial score (nSPS) is 25.0. The summed E-state index contributed by atoms with van der Waals surface area (Å²) in [6.07, 6.45) is 7.08. The number of nitrogens with zero attached hydrogens (tertiary/aromatic N) is 1. The van der Waals surface area contributed by atoms with Crippen molar-refractivity contribution in [1.29, 1.82) is 0 Å². The summed E-state index contributed by atoms with van der Waals surface area (Å²) in [5, 5.41) is 1.23. The highest BCUT2D eigenvalue weighted by Crippen LogP contribution is 2.31. The molecule has 0 unspecified atom stereocenters. The Kier molecular flexibility index (Phi) is 4.34. The number of hydrogen-bond acceptors (Lipinski definition) is 3. The topological polar surface area (TPSA) is 45.3 Å². The Labute approximate surface area is 144 Å². The number of carbonyl (C=O) groups excluding carboxylic acids is 1. The number of rotatable bonds is 3. The number of carbonyl (C=O) groups is 1. The first kappa shape index (κ1) is 16.3. The number of benzene rings is 1. The maximum absolute atomic E-state index is 12.0. The summed E-state index contributed by atoms with van der Waals surface area (Å²) in [5.74, 6) is -0.186. The van der Waals surface area contributed by atoms with Crippen LogP contribution in [0.25, 0.3) is 10.9 Å². The molecule has 0 spiro atoms. The molecule has 23 heavy (non-hydrogen) atoms. The molecule has 0 radical (unpaired) electrons. The van der Waals surface area contributed by atoms with Gasteiger partial charge in [0.05, 0.1) is 12.5 Å². The van der Waals surface area contributed by atoms with E-state index >= 15 is 0 Å². The molecule has 122 valence electrons. The molecule has 1 aliphatic heterocycles. The maximum Gasteiger partial charge on any atom is 0.316 e. The molecule has 0 saturated carbocycles. The molecule has 2 aromatic rings. The summed E-state index contributed by atoms with van der Waals surface area (Å²) < 4.78 is 6.03. The third kappa shape index (κ3) is 2.95. The fourth-order valence-corrected chi connectivity index (χ4v) is 3.96. The number of nitrogens with one attached hydrogen (secondary N) is 1. The van der Waals surface area contributed by atoms with Crippen LogP contribution in [0.1, 0.15) is 12.5 Å². The summed E-state index contributed by atoms with van der Waals surface area (Å²) in [5.41, 5.74) is 1.84. The number of ether oxygens (including phenoxy) is 1. The Hall–Kier alpha value is -1.59. The maximum atomic E-state index is 12.0. The van der Waals surface area contributed by atoms with E-state index in [0.29, 0.717) is 6.54 Å². The van der Waals surface area contributed by atoms with Crippen molar-refractivity contribution < 1.29 is 9.53 Å². The number of fused-ring (bicyclic) bond motifs is 1. The lowest BCUT2D eigenvalue weighted by molar-refractivity contribution is -0.150. The van der Waals surface area contributed by atoms with E-state index < -0.39 is 5.41 Å². The fraction of sp³-hybridized carbons (Fsp3) is 0.389. The minimum absolute atomic E-state index is 0.186. The van der Waals surface area contributed by atoms with Gasteiger partial charge in [-0.1, -0.05) is 34.1 Å². The fourth-order valence-electron chi connectivity index (χ4n) is 3.34. The predicted molar refractivity (Wildman–Crippen MR) is 95.4 cm³/mol. The van der Waals surface area contributed by atoms with Crippen LogP contribution in [-0.4, -0.2) is 42.6 Å². The van der Waals surface area contributed by atoms with Crippen molar-refractivity contribution in [3.63, 3.8) is 0 Å². The van der Waals surface area contributed by atoms with Gasteiger partial charge in [0.1, 0.15) is 0 Å². The second kappa shape index (κ2) is 6.13. The van der Waals surface area contributed by atoms with Crippen molar-refractivity contribution in [3.8, 4) is 0 Å². The van der Waals surface area contributed by atoms with Crippen LogP contribution in [-0.2, 0) is 16.0 Å². The quantitative estimate of drug-likeness (QED) is 0.658. The van der Waals surface area contributed by atoms with Crippen LogP contribution >= 0.6 is 15.9 Å². The second-order valence-corrected chi connectivity index (χ2v) is 7.29. The Morgan fingerprint density at radius 1 is 1.52 bits per heavy atom. The molecule has 1 N–H and O–H groups in total. The Morgan fingerprint density at radius 2 is 2.30 bits per heavy atom. The average molecular weight is 377 g/mol. The van der Waals surface area contributed by atoms with Gasteiger partial charge >= 0.3 is 5.97 Å². The van der Waals surface area contributed by atoms with Crippen molar-refractivity contribution >= 4 is 32.8 Å². The summed E-state index contributed by atoms with van der Waals surface area (Å²) in [6, 6.07) is 6.44. The second-order valence-electron chi connectivity index (χ2n) is 6.43. The van der Waals surface area contributed by atoms with E-state index in [2.05, 4.69) is 57.3 Å². The third-order valence-electron chi connectivity index (χ3n) is 4.65. The summed E-state index contributed by atoms with van der Waals surface area (Å²) in [4.78, 5) is 17.5. The predicted octanol–water partition coefficient (Wildman–Crippen LogP) is 3.52. The van der Waals surface area contributed by atoms with Crippen LogP contribution < -0.4 is 0 Å². The molecule has 2 heterocycles. The number of aromatic nitrogens is 1. The van der Waals surface area contributed by atoms with E-state index in [-0.39, 0.29) is 12.0 Å². The number of likely N-dealkylation sites (N-methyl/N-ethyl adjacent to an activating group) is 1. The highest BCUT2D eigenvalue weighted by Gasteiger charge is 2.37. The number of halogens is 1. The molecule has 0 fully saturated rings. The lowest BCUT2D eigenvalue weighted by atomic mass is 9.84. The molecule has 3 rings (SSSR count). The Morgan fingerprint density at radius 3 is 3.00 bits per heavy atom. The summed E-state index contributed by atoms with van der Waals surface area (Å²) >= 11 is 3.64. The van der Waals surface area contributed by atoms with E-state index in [1.165, 1.54) is 18.1 Å². The molecular formula is C18H21BrN2O2. The minimum Gasteiger partial charge on any atom is -0.468 e. The first-order valence-corrected chi connectivity index (χ1v) is 8.46. The van der Waals surface area contributed by atoms with Gasteiger partial charge in [-0.2, -0.15) is 0 Å². The van der Waals surface area contributed by atoms with Crippen LogP contribution in [0.15, 0.2) is 41.0 Å². The molecule has 1 aromatic carbocycles. The first-order valence-electron chi connectivity index (χ1n) is 7.67. The monoisotopic (exact) mass is 376 g/mol. The van der Waals surface area contributed by atoms with Gasteiger partial charge in [0.2, 0.25) is 0 Å². The largest absolute Gasteiger partial charge is 0.468 e. The zero-order chi connectivity index (χ0) is 16.6. The van der Waals surface area contributed by atoms with Crippen molar-refractivity contribution in [2.45, 2.75) is 19.4 Å². The molecule has 0 saturated heterocycles. The molecule has 0 amide bonds. The van der Waals surface area contributed by atoms with Crippen LogP contribution in [0, 0.1) is 5.41 Å². The van der Waals surface area contributed by atoms with Crippen LogP contribution in [0.5, 0.6) is 0 Å². The molecule has 5 heteroatoms. The molecule has 0 bridgehead atoms. The Bertz CT molecular complexity index is 767. The van der Waals surface area contributed by atoms with Gasteiger partial charge in [0.15, 0.2) is 0 Å². The Balaban J connectivity index is 1.86. The number of methoxy groups -OCH3 is 1. The van der Waals surface area contributed by atoms with Crippen molar-refractivity contribution in [2.75, 3.05) is 20.7 Å². The van der Waals surface area contributed by atoms with Gasteiger partial charge < -0.3 is 9.72 Å². The minimum atomic E-state index is -0.569. The van der Waals surface area contributed by atoms with Crippen molar-refractivity contribution in [2.24, 2.45) is 5.41 Å². The number of esters is 1. The van der Waals surface area contributed by atoms with Gasteiger partial charge in [-0.05, 0) is 38.1 Å². The van der Waals surface area contributed by atoms with Crippen molar-refractivity contribution in [1.82, 2.24) is 9.88 Å². The highest BCUT2D eigenvalue weighted by atomic mass is 79.9. The lowest BCUT2D eigenvalue weighted by Gasteiger charge is -2.37. The van der Waals surface area contributed by atoms with Gasteiger partial charge in [-0.25, -0.2) is 0 Å². The molecule has 0 aliphatic carbocycles. The van der Waals surface area contributed by atoms with Gasteiger partial charge in [0, 0.05) is 34.2 Å². The highest BCUT2D eigenvalue weighted by molar-refractivity contribution is 9.10. The van der Waals surface area contributed by atoms with E-state index in [4.69, 9.17) is 4.74 Å². The van der Waals surface area contributed by atoms with Crippen LogP contribution in [0.2, 0.25) is 0 Å². The van der Waals surface area contributed by atoms with Crippen molar-refractivity contribution in [3.05, 3.63) is 46.6 Å². The van der Waals surface area contributed by atoms with E-state index in [0.717, 1.165) is 16.4 Å². The number of H-pyrrole nitrogens is 1. The first-order chi connectivity index (χ1) is 10.9. The molecule has 4 nitrogen and oxygen atoms in total. The van der Waals surface area contributed by atoms with Crippen LogP contribution in [0.4, 0.5) is 0 Å². The van der Waals surface area contributed by atoms with Gasteiger partial charge in [0.25, 0.3) is 0 Å². The van der Waals surface area contributed by atoms with Crippen LogP contribution in [0.3, 0.4) is 0 Å². The molecule has 1 aliphatic rings. The van der Waals surface area contributed by atoms with Gasteiger partial charge in [-0.15, -0.1) is 0 Å². The zero-order valence-corrected chi connectivity index (χ0v) is 15.2. The lowest BCUT2D eigenvalue weighted by Crippen LogP contribution is -2.47. The molecular weight excluding hydrogens is 356 g/mol. The summed E-state index contributed by atoms with van der Waals surface area (Å²) in [7, 11) is 3.50. The number of aromatic amines is 1. The molecule has 1 aromatic heterocycles. The standard InChI is InChI=1S/C18H21BrN2O2/c1-18(17(22)23-3)8-7-13(21(2)11-18)9-12-10-20-15-6-4-5-14(19)16(12)15/h4-8,10,13,20H,9,11H2,1-3H3/t13-,18+/m0/s1. The summed E-state index contributed by atoms with van der Waals surface area (Å²) in [6.45, 7) is 2.58. The van der Waals surface area contributed by atoms with Gasteiger partial charge in [-0.3, -0.25) is 9.69 Å². The molecule has 2 atom stereocenters. The zero-order valence-electron chi connectivity index (χ0n) is 13.6. The average Bonchev–Trinajstić information content (AvgIpc) is 2.94. The third-order valence-corrected chi connectivity index (χ3v) is 5.31. The number of hydrogen-bond donors (Lipinski definition) is 1. The van der Waals surface area contributed by atoms with E-state index in [1.54, 1.807) is 0 Å².